The van der Waals surface area contributed by atoms with Gasteiger partial charge in [0, 0.05) is 35.4 Å². The number of aliphatic imine (C=N–C) groups is 1. The van der Waals surface area contributed by atoms with Crippen LogP contribution in [0, 0.1) is 23.5 Å². The fourth-order valence-corrected chi connectivity index (χ4v) is 6.52. The lowest BCUT2D eigenvalue weighted by atomic mass is 9.86. The summed E-state index contributed by atoms with van der Waals surface area (Å²) in [6.45, 7) is 5.90. The molecule has 2 aliphatic carbocycles. The molecule has 0 spiro atoms. The summed E-state index contributed by atoms with van der Waals surface area (Å²) >= 11 is 0. The number of hydrogen-bond acceptors (Lipinski definition) is 4. The number of allylic oxidation sites excluding steroid dienone is 10. The lowest BCUT2D eigenvalue weighted by Gasteiger charge is -2.21. The fraction of sp³-hybridized carbons (Fsp3) is 0.350. The molecule has 1 aliphatic heterocycles. The SMILES string of the molecule is C=CC1=CC(CCCCCCC(=O)c2ccc(N/C3=C\C/C=C\CCC4C(c5ccc(OC)c(F)c5F)=CN=C34)cc2CC)C=C1. The number of benzene rings is 2. The van der Waals surface area contributed by atoms with Crippen molar-refractivity contribution in [3.8, 4) is 5.75 Å². The van der Waals surface area contributed by atoms with Crippen LogP contribution in [0.2, 0.25) is 0 Å². The third-order valence-electron chi connectivity index (χ3n) is 9.08. The van der Waals surface area contributed by atoms with Gasteiger partial charge in [-0.2, -0.15) is 4.39 Å². The van der Waals surface area contributed by atoms with Gasteiger partial charge in [0.25, 0.3) is 0 Å². The molecule has 1 heterocycles. The second kappa shape index (κ2) is 15.8. The number of rotatable bonds is 14. The zero-order valence-electron chi connectivity index (χ0n) is 27.0. The van der Waals surface area contributed by atoms with Gasteiger partial charge in [0.1, 0.15) is 0 Å². The van der Waals surface area contributed by atoms with E-state index in [0.29, 0.717) is 24.3 Å². The van der Waals surface area contributed by atoms with Crippen LogP contribution in [0.25, 0.3) is 5.57 Å². The third-order valence-corrected chi connectivity index (χ3v) is 9.08. The highest BCUT2D eigenvalue weighted by molar-refractivity contribution is 6.12. The molecule has 0 bridgehead atoms. The van der Waals surface area contributed by atoms with E-state index in [1.807, 2.05) is 24.3 Å². The quantitative estimate of drug-likeness (QED) is 0.130. The maximum absolute atomic E-state index is 15.1. The predicted molar refractivity (Wildman–Crippen MR) is 185 cm³/mol. The van der Waals surface area contributed by atoms with Gasteiger partial charge in [-0.25, -0.2) is 4.39 Å². The average Bonchev–Trinajstić information content (AvgIpc) is 3.73. The number of ether oxygens (including phenoxy) is 1. The molecule has 46 heavy (non-hydrogen) atoms. The number of hydrogen-bond donors (Lipinski definition) is 1. The molecule has 0 amide bonds. The molecule has 0 fully saturated rings. The minimum absolute atomic E-state index is 0.123. The van der Waals surface area contributed by atoms with Crippen molar-refractivity contribution in [1.29, 1.82) is 0 Å². The third kappa shape index (κ3) is 7.72. The van der Waals surface area contributed by atoms with Gasteiger partial charge in [0.05, 0.1) is 18.5 Å². The monoisotopic (exact) mass is 622 g/mol. The van der Waals surface area contributed by atoms with E-state index in [1.165, 1.54) is 18.7 Å². The molecule has 1 N–H and O–H groups in total. The molecular formula is C40H44F2N2O2. The lowest BCUT2D eigenvalue weighted by molar-refractivity contribution is 0.0978. The fourth-order valence-electron chi connectivity index (χ4n) is 6.52. The van der Waals surface area contributed by atoms with E-state index in [-0.39, 0.29) is 23.0 Å². The smallest absolute Gasteiger partial charge is 0.201 e. The van der Waals surface area contributed by atoms with Crippen molar-refractivity contribution in [3.63, 3.8) is 0 Å². The summed E-state index contributed by atoms with van der Waals surface area (Å²) in [5.41, 5.74) is 6.36. The highest BCUT2D eigenvalue weighted by atomic mass is 19.2. The minimum Gasteiger partial charge on any atom is -0.494 e. The van der Waals surface area contributed by atoms with Crippen LogP contribution in [0.15, 0.2) is 102 Å². The first-order valence-corrected chi connectivity index (χ1v) is 16.5. The van der Waals surface area contributed by atoms with E-state index >= 15 is 4.39 Å². The first-order chi connectivity index (χ1) is 22.4. The van der Waals surface area contributed by atoms with Crippen molar-refractivity contribution in [2.24, 2.45) is 16.8 Å². The Labute approximate surface area is 272 Å². The number of carbonyl (C=O) groups excluding carboxylic acids is 1. The second-order valence-corrected chi connectivity index (χ2v) is 12.1. The number of fused-ring (bicyclic) bond motifs is 1. The number of aryl methyl sites for hydroxylation is 1. The molecule has 6 heteroatoms. The Hall–Kier alpha value is -4.32. The molecule has 2 unspecified atom stereocenters. The first-order valence-electron chi connectivity index (χ1n) is 16.5. The number of nitrogens with one attached hydrogen (secondary N) is 1. The van der Waals surface area contributed by atoms with Gasteiger partial charge in [-0.05, 0) is 91.5 Å². The van der Waals surface area contributed by atoms with Crippen LogP contribution >= 0.6 is 0 Å². The molecular weight excluding hydrogens is 578 g/mol. The van der Waals surface area contributed by atoms with E-state index in [0.717, 1.165) is 79.6 Å². The minimum atomic E-state index is -0.995. The summed E-state index contributed by atoms with van der Waals surface area (Å²) in [5, 5.41) is 3.55. The van der Waals surface area contributed by atoms with Crippen molar-refractivity contribution in [1.82, 2.24) is 0 Å². The largest absolute Gasteiger partial charge is 0.494 e. The van der Waals surface area contributed by atoms with Crippen molar-refractivity contribution in [2.45, 2.75) is 71.1 Å². The highest BCUT2D eigenvalue weighted by Crippen LogP contribution is 2.39. The standard InChI is InChI=1S/C40H44F2N2O2/c1-4-27-18-19-28(24-27)14-10-6-9-13-17-36(45)31-21-20-30(25-29(31)5-2)44-35-16-12-8-7-11-15-33-34(26-43-40(33)35)32-22-23-37(46-3)39(42)38(32)41/h4,7-8,16,18-26,28,33,44H,1,5-6,9-15,17H2,2-3H3/b8-7-,35-16-. The molecule has 0 radical (unpaired) electrons. The zero-order chi connectivity index (χ0) is 32.5. The Morgan fingerprint density at radius 1 is 1.11 bits per heavy atom. The number of carbonyl (C=O) groups is 1. The van der Waals surface area contributed by atoms with Crippen molar-refractivity contribution in [2.75, 3.05) is 12.4 Å². The van der Waals surface area contributed by atoms with Gasteiger partial charge < -0.3 is 10.1 Å². The number of halogens is 2. The Balaban J connectivity index is 1.22. The maximum Gasteiger partial charge on any atom is 0.201 e. The molecule has 0 aromatic heterocycles. The van der Waals surface area contributed by atoms with Crippen molar-refractivity contribution < 1.29 is 18.3 Å². The van der Waals surface area contributed by atoms with Crippen LogP contribution in [0.3, 0.4) is 0 Å². The topological polar surface area (TPSA) is 50.7 Å². The number of ketones is 1. The zero-order valence-corrected chi connectivity index (χ0v) is 27.0. The summed E-state index contributed by atoms with van der Waals surface area (Å²) in [6, 6.07) is 8.95. The van der Waals surface area contributed by atoms with E-state index in [2.05, 4.69) is 55.3 Å². The number of anilines is 1. The second-order valence-electron chi connectivity index (χ2n) is 12.1. The van der Waals surface area contributed by atoms with Crippen LogP contribution in [-0.4, -0.2) is 18.6 Å². The van der Waals surface area contributed by atoms with E-state index in [4.69, 9.17) is 9.73 Å². The maximum atomic E-state index is 15.1. The van der Waals surface area contributed by atoms with Crippen LogP contribution in [0.5, 0.6) is 5.75 Å². The van der Waals surface area contributed by atoms with Gasteiger partial charge in [-0.1, -0.05) is 75.3 Å². The summed E-state index contributed by atoms with van der Waals surface area (Å²) in [4.78, 5) is 17.9. The average molecular weight is 623 g/mol. The predicted octanol–water partition coefficient (Wildman–Crippen LogP) is 10.5. The van der Waals surface area contributed by atoms with E-state index in [1.54, 1.807) is 12.3 Å². The number of Topliss-reactive ketones (excluding diaryl/α,β-unsaturated/α-hetero) is 1. The Bertz CT molecular complexity index is 1640. The van der Waals surface area contributed by atoms with E-state index in [9.17, 15) is 9.18 Å². The lowest BCUT2D eigenvalue weighted by Crippen LogP contribution is -2.20. The van der Waals surface area contributed by atoms with Crippen LogP contribution in [0.1, 0.15) is 86.2 Å². The van der Waals surface area contributed by atoms with Gasteiger partial charge in [0.15, 0.2) is 17.3 Å². The van der Waals surface area contributed by atoms with Gasteiger partial charge >= 0.3 is 0 Å². The number of methoxy groups -OCH3 is 1. The van der Waals surface area contributed by atoms with Crippen LogP contribution < -0.4 is 10.1 Å². The number of unbranched alkanes of at least 4 members (excludes halogenated alkanes) is 3. The summed E-state index contributed by atoms with van der Waals surface area (Å²) in [5.74, 6) is -1.54. The van der Waals surface area contributed by atoms with E-state index < -0.39 is 11.6 Å². The molecule has 2 aromatic carbocycles. The van der Waals surface area contributed by atoms with Crippen LogP contribution in [0.4, 0.5) is 14.5 Å². The first kappa shape index (κ1) is 33.1. The molecule has 2 atom stereocenters. The summed E-state index contributed by atoms with van der Waals surface area (Å²) < 4.78 is 34.7. The Kier molecular flexibility index (Phi) is 11.4. The summed E-state index contributed by atoms with van der Waals surface area (Å²) in [7, 11) is 1.32. The molecule has 5 rings (SSSR count). The molecule has 0 saturated heterocycles. The van der Waals surface area contributed by atoms with Crippen LogP contribution in [-0.2, 0) is 6.42 Å². The molecule has 0 saturated carbocycles. The van der Waals surface area contributed by atoms with Gasteiger partial charge in [-0.15, -0.1) is 0 Å². The van der Waals surface area contributed by atoms with Crippen molar-refractivity contribution >= 4 is 22.8 Å². The van der Waals surface area contributed by atoms with Gasteiger partial charge in [0.2, 0.25) is 5.82 Å². The highest BCUT2D eigenvalue weighted by Gasteiger charge is 2.31. The van der Waals surface area contributed by atoms with Gasteiger partial charge in [-0.3, -0.25) is 9.79 Å². The van der Waals surface area contributed by atoms with Crippen molar-refractivity contribution in [3.05, 3.63) is 125 Å². The normalized spacial score (nSPS) is 20.7. The Morgan fingerprint density at radius 3 is 2.74 bits per heavy atom. The number of nitrogens with zero attached hydrogens (tertiary/aromatic N) is 1. The Morgan fingerprint density at radius 2 is 1.96 bits per heavy atom. The molecule has 2 aromatic rings. The molecule has 3 aliphatic rings. The summed E-state index contributed by atoms with van der Waals surface area (Å²) in [6.07, 6.45) is 25.4. The molecule has 4 nitrogen and oxygen atoms in total. The molecule has 240 valence electrons.